The normalized spacial score (nSPS) is 28.8. The Morgan fingerprint density at radius 1 is 1.40 bits per heavy atom. The lowest BCUT2D eigenvalue weighted by Gasteiger charge is -2.40. The largest absolute Gasteiger partial charge is 0.392 e. The molecule has 1 rings (SSSR count). The van der Waals surface area contributed by atoms with Crippen LogP contribution in [-0.4, -0.2) is 34.6 Å². The first-order valence-corrected chi connectivity index (χ1v) is 6.44. The molecule has 0 aromatic heterocycles. The van der Waals surface area contributed by atoms with Crippen LogP contribution in [0, 0.1) is 11.3 Å². The molecule has 0 aromatic carbocycles. The Labute approximate surface area is 99.5 Å². The number of nitrogens with zero attached hydrogens (tertiary/aromatic N) is 1. The summed E-state index contributed by atoms with van der Waals surface area (Å²) in [4.78, 5) is 2.35. The maximum atomic E-state index is 10.3. The Balaban J connectivity index is 2.56. The van der Waals surface area contributed by atoms with Gasteiger partial charge in [0.05, 0.1) is 6.10 Å². The van der Waals surface area contributed by atoms with Gasteiger partial charge < -0.3 is 5.11 Å². The van der Waals surface area contributed by atoms with Crippen LogP contribution in [0.4, 0.5) is 0 Å². The highest BCUT2D eigenvalue weighted by atomic mass is 32.1. The maximum absolute atomic E-state index is 10.3. The molecule has 2 nitrogen and oxygen atoms in total. The predicted octanol–water partition coefficient (Wildman–Crippen LogP) is 2.38. The molecule has 1 saturated heterocycles. The SMILES string of the molecule is CC(S)N1CCCC(C(O)C(C)(C)C)C1. The highest BCUT2D eigenvalue weighted by molar-refractivity contribution is 7.80. The van der Waals surface area contributed by atoms with E-state index in [-0.39, 0.29) is 11.5 Å². The number of likely N-dealkylation sites (tertiary alicyclic amines) is 1. The van der Waals surface area contributed by atoms with E-state index in [1.54, 1.807) is 0 Å². The maximum Gasteiger partial charge on any atom is 0.0628 e. The third-order valence-electron chi connectivity index (χ3n) is 3.35. The number of rotatable bonds is 2. The van der Waals surface area contributed by atoms with Gasteiger partial charge in [-0.2, -0.15) is 12.6 Å². The minimum atomic E-state index is -0.201. The average molecular weight is 231 g/mol. The topological polar surface area (TPSA) is 23.5 Å². The summed E-state index contributed by atoms with van der Waals surface area (Å²) < 4.78 is 0. The Morgan fingerprint density at radius 2 is 2.00 bits per heavy atom. The molecule has 1 aliphatic rings. The minimum Gasteiger partial charge on any atom is -0.392 e. The van der Waals surface area contributed by atoms with Gasteiger partial charge in [0.25, 0.3) is 0 Å². The van der Waals surface area contributed by atoms with E-state index in [1.807, 2.05) is 0 Å². The number of hydrogen-bond acceptors (Lipinski definition) is 3. The Kier molecular flexibility index (Phi) is 4.50. The van der Waals surface area contributed by atoms with Crippen molar-refractivity contribution < 1.29 is 5.11 Å². The first-order valence-electron chi connectivity index (χ1n) is 5.92. The smallest absolute Gasteiger partial charge is 0.0628 e. The van der Waals surface area contributed by atoms with Crippen LogP contribution < -0.4 is 0 Å². The summed E-state index contributed by atoms with van der Waals surface area (Å²) in [6.45, 7) is 10.6. The molecule has 3 unspecified atom stereocenters. The molecule has 1 fully saturated rings. The third kappa shape index (κ3) is 3.65. The zero-order valence-electron chi connectivity index (χ0n) is 10.4. The van der Waals surface area contributed by atoms with Crippen LogP contribution in [0.15, 0.2) is 0 Å². The second kappa shape index (κ2) is 5.07. The van der Waals surface area contributed by atoms with Crippen molar-refractivity contribution in [3.8, 4) is 0 Å². The number of aliphatic hydroxyl groups excluding tert-OH is 1. The van der Waals surface area contributed by atoms with Gasteiger partial charge in [0, 0.05) is 11.9 Å². The molecule has 1 heterocycles. The van der Waals surface area contributed by atoms with Gasteiger partial charge in [-0.1, -0.05) is 20.8 Å². The van der Waals surface area contributed by atoms with Crippen molar-refractivity contribution in [3.63, 3.8) is 0 Å². The lowest BCUT2D eigenvalue weighted by molar-refractivity contribution is -0.0191. The summed E-state index contributed by atoms with van der Waals surface area (Å²) in [5, 5.41) is 10.6. The molecule has 0 saturated carbocycles. The summed E-state index contributed by atoms with van der Waals surface area (Å²) in [5.41, 5.74) is -0.00644. The van der Waals surface area contributed by atoms with Crippen LogP contribution in [-0.2, 0) is 0 Å². The summed E-state index contributed by atoms with van der Waals surface area (Å²) >= 11 is 4.47. The summed E-state index contributed by atoms with van der Waals surface area (Å²) in [6, 6.07) is 0. The highest BCUT2D eigenvalue weighted by Gasteiger charge is 2.33. The van der Waals surface area contributed by atoms with Gasteiger partial charge in [0.1, 0.15) is 0 Å². The van der Waals surface area contributed by atoms with Crippen molar-refractivity contribution in [2.75, 3.05) is 13.1 Å². The fourth-order valence-corrected chi connectivity index (χ4v) is 2.55. The molecule has 0 radical (unpaired) electrons. The van der Waals surface area contributed by atoms with E-state index >= 15 is 0 Å². The molecule has 3 heteroatoms. The highest BCUT2D eigenvalue weighted by Crippen LogP contribution is 2.31. The summed E-state index contributed by atoms with van der Waals surface area (Å²) in [5.74, 6) is 0.411. The number of aliphatic hydroxyl groups is 1. The number of thiol groups is 1. The van der Waals surface area contributed by atoms with E-state index in [1.165, 1.54) is 6.42 Å². The van der Waals surface area contributed by atoms with E-state index in [0.29, 0.717) is 11.3 Å². The lowest BCUT2D eigenvalue weighted by atomic mass is 9.78. The van der Waals surface area contributed by atoms with Gasteiger partial charge in [0.2, 0.25) is 0 Å². The monoisotopic (exact) mass is 231 g/mol. The zero-order valence-corrected chi connectivity index (χ0v) is 11.3. The first kappa shape index (κ1) is 13.3. The van der Waals surface area contributed by atoms with Crippen LogP contribution in [0.2, 0.25) is 0 Å². The third-order valence-corrected chi connectivity index (χ3v) is 3.68. The quantitative estimate of drug-likeness (QED) is 0.713. The second-order valence-corrected chi connectivity index (χ2v) is 6.59. The first-order chi connectivity index (χ1) is 6.82. The van der Waals surface area contributed by atoms with Crippen LogP contribution in [0.1, 0.15) is 40.5 Å². The van der Waals surface area contributed by atoms with Crippen molar-refractivity contribution >= 4 is 12.6 Å². The molecule has 3 atom stereocenters. The Hall–Kier alpha value is 0.270. The van der Waals surface area contributed by atoms with Crippen LogP contribution in [0.5, 0.6) is 0 Å². The molecule has 15 heavy (non-hydrogen) atoms. The number of hydrogen-bond donors (Lipinski definition) is 2. The van der Waals surface area contributed by atoms with E-state index in [9.17, 15) is 5.11 Å². The van der Waals surface area contributed by atoms with Crippen LogP contribution >= 0.6 is 12.6 Å². The van der Waals surface area contributed by atoms with Crippen molar-refractivity contribution in [1.82, 2.24) is 4.90 Å². The van der Waals surface area contributed by atoms with Gasteiger partial charge >= 0.3 is 0 Å². The van der Waals surface area contributed by atoms with Crippen molar-refractivity contribution in [3.05, 3.63) is 0 Å². The van der Waals surface area contributed by atoms with Gasteiger partial charge in [-0.15, -0.1) is 0 Å². The fraction of sp³-hybridized carbons (Fsp3) is 1.00. The number of piperidine rings is 1. The van der Waals surface area contributed by atoms with Gasteiger partial charge in [0.15, 0.2) is 0 Å². The van der Waals surface area contributed by atoms with E-state index in [2.05, 4.69) is 45.2 Å². The minimum absolute atomic E-state index is 0.00644. The lowest BCUT2D eigenvalue weighted by Crippen LogP contribution is -2.46. The van der Waals surface area contributed by atoms with E-state index in [0.717, 1.165) is 19.5 Å². The fourth-order valence-electron chi connectivity index (χ4n) is 2.34. The van der Waals surface area contributed by atoms with Crippen LogP contribution in [0.25, 0.3) is 0 Å². The Bertz CT molecular complexity index is 200. The average Bonchev–Trinajstić information content (AvgIpc) is 2.15. The molecule has 0 aromatic rings. The Morgan fingerprint density at radius 3 is 2.47 bits per heavy atom. The molecule has 0 bridgehead atoms. The molecule has 1 N–H and O–H groups in total. The molecule has 0 amide bonds. The van der Waals surface area contributed by atoms with E-state index < -0.39 is 0 Å². The van der Waals surface area contributed by atoms with Crippen molar-refractivity contribution in [1.29, 1.82) is 0 Å². The predicted molar refractivity (Wildman–Crippen MR) is 68.2 cm³/mol. The zero-order chi connectivity index (χ0) is 11.6. The van der Waals surface area contributed by atoms with Crippen LogP contribution in [0.3, 0.4) is 0 Å². The summed E-state index contributed by atoms with van der Waals surface area (Å²) in [7, 11) is 0. The molecular weight excluding hydrogens is 206 g/mol. The second-order valence-electron chi connectivity index (χ2n) is 5.84. The van der Waals surface area contributed by atoms with Crippen molar-refractivity contribution in [2.45, 2.75) is 52.0 Å². The van der Waals surface area contributed by atoms with Gasteiger partial charge in [-0.05, 0) is 37.6 Å². The molecule has 0 aliphatic carbocycles. The molecular formula is C12H25NOS. The summed E-state index contributed by atoms with van der Waals surface area (Å²) in [6.07, 6.45) is 2.13. The van der Waals surface area contributed by atoms with Crippen molar-refractivity contribution in [2.24, 2.45) is 11.3 Å². The van der Waals surface area contributed by atoms with Gasteiger partial charge in [-0.3, -0.25) is 4.90 Å². The van der Waals surface area contributed by atoms with Gasteiger partial charge in [-0.25, -0.2) is 0 Å². The molecule has 0 spiro atoms. The molecule has 1 aliphatic heterocycles. The standard InChI is InChI=1S/C12H25NOS/c1-9(15)13-7-5-6-10(8-13)11(14)12(2,3)4/h9-11,14-15H,5-8H2,1-4H3. The molecule has 90 valence electrons. The van der Waals surface area contributed by atoms with E-state index in [4.69, 9.17) is 0 Å².